The van der Waals surface area contributed by atoms with Crippen LogP contribution in [0.25, 0.3) is 22.3 Å². The summed E-state index contributed by atoms with van der Waals surface area (Å²) in [5.74, 6) is -2.21. The molecule has 1 atom stereocenters. The second kappa shape index (κ2) is 6.21. The van der Waals surface area contributed by atoms with Gasteiger partial charge in [-0.2, -0.15) is 13.2 Å². The molecule has 3 heterocycles. The predicted molar refractivity (Wildman–Crippen MR) is 86.3 cm³/mol. The van der Waals surface area contributed by atoms with Gasteiger partial charge in [0.05, 0.1) is 11.7 Å². The minimum atomic E-state index is -5.06. The van der Waals surface area contributed by atoms with Crippen molar-refractivity contribution < 1.29 is 23.1 Å². The number of hydrogen-bond donors (Lipinski definition) is 2. The van der Waals surface area contributed by atoms with E-state index in [1.807, 2.05) is 5.32 Å². The van der Waals surface area contributed by atoms with E-state index in [1.165, 1.54) is 30.9 Å². The minimum Gasteiger partial charge on any atom is -0.479 e. The molecule has 0 saturated heterocycles. The zero-order valence-corrected chi connectivity index (χ0v) is 13.3. The van der Waals surface area contributed by atoms with E-state index in [0.29, 0.717) is 12.5 Å². The lowest BCUT2D eigenvalue weighted by Gasteiger charge is -2.29. The Morgan fingerprint density at radius 1 is 1.08 bits per heavy atom. The van der Waals surface area contributed by atoms with Gasteiger partial charge in [0.25, 0.3) is 0 Å². The number of nitrogens with zero attached hydrogens (tertiary/aromatic N) is 4. The minimum absolute atomic E-state index is 0.116. The second-order valence-corrected chi connectivity index (χ2v) is 5.58. The molecule has 3 aromatic heterocycles. The highest BCUT2D eigenvalue weighted by atomic mass is 19.4. The summed E-state index contributed by atoms with van der Waals surface area (Å²) in [5.41, 5.74) is -2.45. The molecule has 0 saturated carbocycles. The van der Waals surface area contributed by atoms with Crippen molar-refractivity contribution in [1.82, 2.24) is 19.9 Å². The third-order valence-corrected chi connectivity index (χ3v) is 3.80. The zero-order valence-electron chi connectivity index (χ0n) is 13.3. The normalized spacial score (nSPS) is 14.0. The topological polar surface area (TPSA) is 101 Å². The van der Waals surface area contributed by atoms with E-state index in [0.717, 1.165) is 0 Å². The van der Waals surface area contributed by atoms with Gasteiger partial charge < -0.3 is 10.4 Å². The molecule has 3 rings (SSSR count). The lowest BCUT2D eigenvalue weighted by Crippen LogP contribution is -2.55. The van der Waals surface area contributed by atoms with Crippen LogP contribution in [0, 0.1) is 0 Å². The van der Waals surface area contributed by atoms with Crippen LogP contribution in [0.3, 0.4) is 0 Å². The molecule has 134 valence electrons. The number of halogens is 3. The maximum atomic E-state index is 13.4. The van der Waals surface area contributed by atoms with Crippen molar-refractivity contribution in [1.29, 1.82) is 0 Å². The zero-order chi connectivity index (χ0) is 18.9. The first kappa shape index (κ1) is 17.5. The van der Waals surface area contributed by atoms with Crippen molar-refractivity contribution in [3.8, 4) is 11.4 Å². The molecular formula is C16H12F3N5O2. The molecule has 0 amide bonds. The first-order valence-corrected chi connectivity index (χ1v) is 7.33. The van der Waals surface area contributed by atoms with Crippen LogP contribution in [0.1, 0.15) is 6.92 Å². The average molecular weight is 363 g/mol. The molecule has 7 nitrogen and oxygen atoms in total. The van der Waals surface area contributed by atoms with E-state index in [9.17, 15) is 18.0 Å². The van der Waals surface area contributed by atoms with Crippen LogP contribution in [0.5, 0.6) is 0 Å². The van der Waals surface area contributed by atoms with Gasteiger partial charge in [0, 0.05) is 29.5 Å². The van der Waals surface area contributed by atoms with Gasteiger partial charge in [0.15, 0.2) is 5.82 Å². The summed E-state index contributed by atoms with van der Waals surface area (Å²) >= 11 is 0. The third-order valence-electron chi connectivity index (χ3n) is 3.80. The summed E-state index contributed by atoms with van der Waals surface area (Å²) in [5, 5.41) is 11.4. The molecule has 0 aliphatic heterocycles. The molecule has 0 fully saturated rings. The average Bonchev–Trinajstić information content (AvgIpc) is 2.61. The van der Waals surface area contributed by atoms with Crippen LogP contribution < -0.4 is 5.32 Å². The van der Waals surface area contributed by atoms with Gasteiger partial charge in [0.2, 0.25) is 5.54 Å². The number of alkyl halides is 3. The fourth-order valence-corrected chi connectivity index (χ4v) is 2.19. The Hall–Kier alpha value is -3.30. The maximum absolute atomic E-state index is 13.4. The Bertz CT molecular complexity index is 965. The lowest BCUT2D eigenvalue weighted by molar-refractivity contribution is -0.192. The van der Waals surface area contributed by atoms with Gasteiger partial charge >= 0.3 is 12.1 Å². The monoisotopic (exact) mass is 363 g/mol. The number of pyridine rings is 2. The number of fused-ring (bicyclic) bond motifs is 1. The molecule has 0 spiro atoms. The molecular weight excluding hydrogens is 351 g/mol. The number of aliphatic carboxylic acids is 1. The van der Waals surface area contributed by atoms with Crippen LogP contribution >= 0.6 is 0 Å². The molecule has 26 heavy (non-hydrogen) atoms. The number of anilines is 1. The standard InChI is InChI=1S/C16H12F3N5O2/c1-15(14(25)26,16(17,18)19)24-13-10-4-7-21-8-11(10)22-12(23-13)9-2-5-20-6-3-9/h2-8H,1H3,(H,25,26)(H,22,23,24)/t15-/m0/s1. The van der Waals surface area contributed by atoms with E-state index in [2.05, 4.69) is 19.9 Å². The maximum Gasteiger partial charge on any atom is 0.422 e. The summed E-state index contributed by atoms with van der Waals surface area (Å²) < 4.78 is 40.1. The molecule has 3 aromatic rings. The number of nitrogens with one attached hydrogen (secondary N) is 1. The highest BCUT2D eigenvalue weighted by Crippen LogP contribution is 2.35. The van der Waals surface area contributed by atoms with E-state index >= 15 is 0 Å². The number of carboxylic acids is 1. The Balaban J connectivity index is 2.20. The third kappa shape index (κ3) is 3.01. The number of carboxylic acid groups (broad SMARTS) is 1. The van der Waals surface area contributed by atoms with Crippen LogP contribution in [0.2, 0.25) is 0 Å². The fraction of sp³-hybridized carbons (Fsp3) is 0.188. The molecule has 0 aliphatic rings. The van der Waals surface area contributed by atoms with Crippen molar-refractivity contribution in [3.63, 3.8) is 0 Å². The molecule has 0 radical (unpaired) electrons. The molecule has 0 unspecified atom stereocenters. The molecule has 2 N–H and O–H groups in total. The lowest BCUT2D eigenvalue weighted by atomic mass is 10.0. The quantitative estimate of drug-likeness (QED) is 0.735. The highest BCUT2D eigenvalue weighted by Gasteiger charge is 2.58. The Kier molecular flexibility index (Phi) is 4.18. The van der Waals surface area contributed by atoms with Gasteiger partial charge in [0.1, 0.15) is 5.82 Å². The fourth-order valence-electron chi connectivity index (χ4n) is 2.19. The van der Waals surface area contributed by atoms with Crippen molar-refractivity contribution in [2.45, 2.75) is 18.6 Å². The van der Waals surface area contributed by atoms with Gasteiger partial charge in [-0.1, -0.05) is 0 Å². The first-order chi connectivity index (χ1) is 12.2. The SMILES string of the molecule is C[C@](Nc1nc(-c2ccncc2)nc2cnccc12)(C(=O)O)C(F)(F)F. The number of rotatable bonds is 4. The van der Waals surface area contributed by atoms with Crippen LogP contribution in [-0.4, -0.2) is 42.7 Å². The molecule has 0 aromatic carbocycles. The van der Waals surface area contributed by atoms with Crippen molar-refractivity contribution in [2.75, 3.05) is 5.32 Å². The van der Waals surface area contributed by atoms with Gasteiger partial charge in [-0.25, -0.2) is 14.8 Å². The molecule has 0 bridgehead atoms. The summed E-state index contributed by atoms with van der Waals surface area (Å²) in [6.07, 6.45) is 0.625. The smallest absolute Gasteiger partial charge is 0.422 e. The first-order valence-electron chi connectivity index (χ1n) is 7.33. The Labute approximate surface area is 145 Å². The number of aromatic nitrogens is 4. The van der Waals surface area contributed by atoms with Gasteiger partial charge in [-0.3, -0.25) is 9.97 Å². The summed E-state index contributed by atoms with van der Waals surface area (Å²) in [6.45, 7) is 0.538. The largest absolute Gasteiger partial charge is 0.479 e. The van der Waals surface area contributed by atoms with Crippen LogP contribution in [-0.2, 0) is 4.79 Å². The van der Waals surface area contributed by atoms with Crippen LogP contribution in [0.15, 0.2) is 43.0 Å². The summed E-state index contributed by atoms with van der Waals surface area (Å²) in [6, 6.07) is 4.58. The van der Waals surface area contributed by atoms with Crippen molar-refractivity contribution in [2.24, 2.45) is 0 Å². The summed E-state index contributed by atoms with van der Waals surface area (Å²) in [7, 11) is 0. The second-order valence-electron chi connectivity index (χ2n) is 5.58. The van der Waals surface area contributed by atoms with E-state index in [-0.39, 0.29) is 22.5 Å². The van der Waals surface area contributed by atoms with Crippen LogP contribution in [0.4, 0.5) is 19.0 Å². The predicted octanol–water partition coefficient (Wildman–Crippen LogP) is 2.90. The van der Waals surface area contributed by atoms with Crippen molar-refractivity contribution >= 4 is 22.7 Å². The Morgan fingerprint density at radius 3 is 2.35 bits per heavy atom. The van der Waals surface area contributed by atoms with Gasteiger partial charge in [-0.15, -0.1) is 0 Å². The van der Waals surface area contributed by atoms with E-state index in [1.54, 1.807) is 12.1 Å². The van der Waals surface area contributed by atoms with Crippen molar-refractivity contribution in [3.05, 3.63) is 43.0 Å². The van der Waals surface area contributed by atoms with E-state index in [4.69, 9.17) is 5.11 Å². The van der Waals surface area contributed by atoms with E-state index < -0.39 is 17.7 Å². The number of carbonyl (C=O) groups is 1. The summed E-state index contributed by atoms with van der Waals surface area (Å²) in [4.78, 5) is 27.5. The molecule has 0 aliphatic carbocycles. The Morgan fingerprint density at radius 2 is 1.73 bits per heavy atom. The number of hydrogen-bond acceptors (Lipinski definition) is 6. The van der Waals surface area contributed by atoms with Gasteiger partial charge in [-0.05, 0) is 25.1 Å². The molecule has 10 heteroatoms. The highest BCUT2D eigenvalue weighted by molar-refractivity contribution is 5.93.